The molecular formula is C41H30BN3. The van der Waals surface area contributed by atoms with Gasteiger partial charge in [0.1, 0.15) is 0 Å². The summed E-state index contributed by atoms with van der Waals surface area (Å²) in [7, 11) is 0. The van der Waals surface area contributed by atoms with Crippen molar-refractivity contribution in [1.82, 2.24) is 14.0 Å². The molecule has 0 bridgehead atoms. The highest BCUT2D eigenvalue weighted by molar-refractivity contribution is 6.88. The molecule has 0 saturated carbocycles. The summed E-state index contributed by atoms with van der Waals surface area (Å²) in [6, 6.07) is 38.5. The molecule has 1 aliphatic rings. The number of benzene rings is 6. The van der Waals surface area contributed by atoms with Crippen molar-refractivity contribution in [3.8, 4) is 5.69 Å². The summed E-state index contributed by atoms with van der Waals surface area (Å²) in [5.74, 6) is 0. The van der Waals surface area contributed by atoms with Crippen LogP contribution in [0.2, 0.25) is 0 Å². The van der Waals surface area contributed by atoms with E-state index in [1.807, 2.05) is 0 Å². The summed E-state index contributed by atoms with van der Waals surface area (Å²) in [6.07, 6.45) is 2.09. The molecule has 45 heavy (non-hydrogen) atoms. The Morgan fingerprint density at radius 1 is 0.556 bits per heavy atom. The van der Waals surface area contributed by atoms with Crippen molar-refractivity contribution in [3.05, 3.63) is 132 Å². The number of hydrogen-bond acceptors (Lipinski definition) is 1. The Morgan fingerprint density at radius 2 is 1.20 bits per heavy atom. The van der Waals surface area contributed by atoms with Crippen molar-refractivity contribution in [2.75, 3.05) is 0 Å². The van der Waals surface area contributed by atoms with Gasteiger partial charge in [-0.1, -0.05) is 90.0 Å². The predicted molar refractivity (Wildman–Crippen MR) is 192 cm³/mol. The smallest absolute Gasteiger partial charge is 0.332 e. The average Bonchev–Trinajstić information content (AvgIpc) is 3.56. The topological polar surface area (TPSA) is 22.8 Å². The van der Waals surface area contributed by atoms with E-state index in [4.69, 9.17) is 4.98 Å². The van der Waals surface area contributed by atoms with Crippen LogP contribution in [-0.2, 0) is 0 Å². The molecule has 212 valence electrons. The minimum Gasteiger partial charge on any atom is -0.375 e. The van der Waals surface area contributed by atoms with E-state index in [9.17, 15) is 0 Å². The highest BCUT2D eigenvalue weighted by Crippen LogP contribution is 2.42. The lowest BCUT2D eigenvalue weighted by Gasteiger charge is -2.29. The molecule has 0 radical (unpaired) electrons. The monoisotopic (exact) mass is 575 g/mol. The van der Waals surface area contributed by atoms with Gasteiger partial charge >= 0.3 is 6.85 Å². The minimum absolute atomic E-state index is 0.00726. The third kappa shape index (κ3) is 3.14. The predicted octanol–water partition coefficient (Wildman–Crippen LogP) is 8.79. The molecule has 0 atom stereocenters. The number of aryl methyl sites for hydroxylation is 4. The first kappa shape index (κ1) is 25.0. The molecule has 4 heteroatoms. The molecule has 0 spiro atoms. The first-order valence-corrected chi connectivity index (χ1v) is 15.8. The molecule has 0 aliphatic carbocycles. The van der Waals surface area contributed by atoms with Crippen LogP contribution < -0.4 is 10.9 Å². The van der Waals surface area contributed by atoms with Gasteiger partial charge in [-0.3, -0.25) is 4.98 Å². The van der Waals surface area contributed by atoms with Crippen molar-refractivity contribution in [3.63, 3.8) is 0 Å². The Hall–Kier alpha value is -5.35. The van der Waals surface area contributed by atoms with Gasteiger partial charge in [0.05, 0.1) is 22.7 Å². The lowest BCUT2D eigenvalue weighted by molar-refractivity contribution is 1.17. The maximum atomic E-state index is 4.98. The number of fused-ring (bicyclic) bond motifs is 12. The molecule has 4 heterocycles. The second-order valence-electron chi connectivity index (χ2n) is 13.1. The summed E-state index contributed by atoms with van der Waals surface area (Å²) in [4.78, 5) is 4.98. The van der Waals surface area contributed by atoms with Gasteiger partial charge in [-0.2, -0.15) is 0 Å². The second-order valence-corrected chi connectivity index (χ2v) is 13.1. The van der Waals surface area contributed by atoms with E-state index in [0.717, 1.165) is 11.0 Å². The summed E-state index contributed by atoms with van der Waals surface area (Å²) < 4.78 is 5.17. The molecule has 1 aliphatic heterocycles. The van der Waals surface area contributed by atoms with Gasteiger partial charge in [0.25, 0.3) is 0 Å². The van der Waals surface area contributed by atoms with Crippen molar-refractivity contribution < 1.29 is 0 Å². The number of pyridine rings is 1. The molecule has 0 amide bonds. The molecule has 10 rings (SSSR count). The molecule has 6 aromatic carbocycles. The average molecular weight is 576 g/mol. The SMILES string of the molecule is Cc1cc(C)c2c(c1)c1cc(C)cc(C)c1n2B1c2ccccc2-n2c3cnc4ccccc4c3c3c4ccccc4cc1c32. The third-order valence-corrected chi connectivity index (χ3v) is 10.2. The first-order valence-electron chi connectivity index (χ1n) is 15.8. The fourth-order valence-electron chi connectivity index (χ4n) is 8.70. The largest absolute Gasteiger partial charge is 0.375 e. The number of hydrogen-bond donors (Lipinski definition) is 0. The van der Waals surface area contributed by atoms with Gasteiger partial charge in [-0.05, 0) is 84.8 Å². The summed E-state index contributed by atoms with van der Waals surface area (Å²) in [5, 5.41) is 9.03. The van der Waals surface area contributed by atoms with Gasteiger partial charge in [0.15, 0.2) is 0 Å². The first-order chi connectivity index (χ1) is 22.0. The van der Waals surface area contributed by atoms with Gasteiger partial charge in [-0.15, -0.1) is 0 Å². The minimum atomic E-state index is -0.00726. The zero-order valence-corrected chi connectivity index (χ0v) is 25.8. The van der Waals surface area contributed by atoms with E-state index in [1.54, 1.807) is 0 Å². The van der Waals surface area contributed by atoms with E-state index in [-0.39, 0.29) is 6.85 Å². The van der Waals surface area contributed by atoms with E-state index < -0.39 is 0 Å². The molecule has 3 aromatic heterocycles. The number of para-hydroxylation sites is 2. The van der Waals surface area contributed by atoms with Crippen molar-refractivity contribution in [2.45, 2.75) is 27.7 Å². The molecule has 0 saturated heterocycles. The van der Waals surface area contributed by atoms with Crippen LogP contribution >= 0.6 is 0 Å². The summed E-state index contributed by atoms with van der Waals surface area (Å²) >= 11 is 0. The molecule has 3 nitrogen and oxygen atoms in total. The zero-order chi connectivity index (χ0) is 30.1. The zero-order valence-electron chi connectivity index (χ0n) is 25.8. The standard InChI is InChI=1S/C41H30BN3/c1-23-17-25(3)39-30(19-23)31-20-24(2)18-26(4)40(31)45(39)42-32-14-8-10-16-35(32)44-36-22-43-34-15-9-7-13-29(34)37(36)38-28-12-6-5-11-27(28)21-33(42)41(38)44/h5-22H,1-4H3. The molecular weight excluding hydrogens is 545 g/mol. The van der Waals surface area contributed by atoms with Crippen molar-refractivity contribution in [1.29, 1.82) is 0 Å². The van der Waals surface area contributed by atoms with Crippen LogP contribution in [0.4, 0.5) is 0 Å². The van der Waals surface area contributed by atoms with Crippen LogP contribution in [0, 0.1) is 27.7 Å². The quantitative estimate of drug-likeness (QED) is 0.180. The van der Waals surface area contributed by atoms with E-state index in [0.29, 0.717) is 0 Å². The maximum Gasteiger partial charge on any atom is 0.332 e. The van der Waals surface area contributed by atoms with Gasteiger partial charge in [0.2, 0.25) is 0 Å². The second kappa shape index (κ2) is 8.64. The van der Waals surface area contributed by atoms with E-state index in [2.05, 4.69) is 146 Å². The number of nitrogens with zero attached hydrogens (tertiary/aromatic N) is 3. The van der Waals surface area contributed by atoms with Gasteiger partial charge in [-0.25, -0.2) is 0 Å². The number of aromatic nitrogens is 3. The highest BCUT2D eigenvalue weighted by Gasteiger charge is 2.37. The Kier molecular flexibility index (Phi) is 4.80. The molecule has 0 fully saturated rings. The van der Waals surface area contributed by atoms with Crippen LogP contribution in [0.3, 0.4) is 0 Å². The summed E-state index contributed by atoms with van der Waals surface area (Å²) in [5.41, 5.74) is 15.2. The van der Waals surface area contributed by atoms with Gasteiger partial charge < -0.3 is 9.05 Å². The number of rotatable bonds is 1. The maximum absolute atomic E-state index is 4.98. The van der Waals surface area contributed by atoms with E-state index >= 15 is 0 Å². The Labute approximate surface area is 261 Å². The molecule has 9 aromatic rings. The third-order valence-electron chi connectivity index (χ3n) is 10.2. The molecule has 0 unspecified atom stereocenters. The fourth-order valence-corrected chi connectivity index (χ4v) is 8.70. The fraction of sp³-hybridized carbons (Fsp3) is 0.0976. The van der Waals surface area contributed by atoms with Crippen LogP contribution in [-0.4, -0.2) is 20.9 Å². The van der Waals surface area contributed by atoms with Crippen LogP contribution in [0.15, 0.2) is 109 Å². The normalized spacial score (nSPS) is 12.8. The Morgan fingerprint density at radius 3 is 1.96 bits per heavy atom. The Balaban J connectivity index is 1.49. The van der Waals surface area contributed by atoms with Crippen molar-refractivity contribution >= 4 is 83.1 Å². The lowest BCUT2D eigenvalue weighted by atomic mass is 9.48. The Bertz CT molecular complexity index is 2700. The lowest BCUT2D eigenvalue weighted by Crippen LogP contribution is -2.53. The van der Waals surface area contributed by atoms with Crippen LogP contribution in [0.5, 0.6) is 0 Å². The van der Waals surface area contributed by atoms with Gasteiger partial charge in [0, 0.05) is 43.7 Å². The van der Waals surface area contributed by atoms with Crippen molar-refractivity contribution in [2.24, 2.45) is 0 Å². The molecule has 0 N–H and O–H groups in total. The van der Waals surface area contributed by atoms with E-state index in [1.165, 1.54) is 93.1 Å². The van der Waals surface area contributed by atoms with Crippen LogP contribution in [0.25, 0.3) is 71.0 Å². The summed E-state index contributed by atoms with van der Waals surface area (Å²) in [6.45, 7) is 9.00. The highest BCUT2D eigenvalue weighted by atomic mass is 15.0. The van der Waals surface area contributed by atoms with Crippen LogP contribution in [0.1, 0.15) is 22.3 Å².